The normalized spacial score (nSPS) is 12.6. The van der Waals surface area contributed by atoms with Gasteiger partial charge in [0, 0.05) is 36.5 Å². The molecule has 0 amide bonds. The van der Waals surface area contributed by atoms with E-state index in [-0.39, 0.29) is 6.04 Å². The Bertz CT molecular complexity index is 513. The van der Waals surface area contributed by atoms with Gasteiger partial charge in [-0.1, -0.05) is 23.7 Å². The molecular formula is C16H20ClN3. The maximum atomic E-state index is 5.93. The molecule has 0 aliphatic carbocycles. The Hall–Kier alpha value is -1.42. The lowest BCUT2D eigenvalue weighted by atomic mass is 10.1. The van der Waals surface area contributed by atoms with Gasteiger partial charge in [-0.05, 0) is 48.9 Å². The number of pyridine rings is 1. The highest BCUT2D eigenvalue weighted by Gasteiger charge is 2.15. The second-order valence-electron chi connectivity index (χ2n) is 4.89. The largest absolute Gasteiger partial charge is 0.329 e. The van der Waals surface area contributed by atoms with Gasteiger partial charge in [0.2, 0.25) is 0 Å². The highest BCUT2D eigenvalue weighted by Crippen LogP contribution is 2.20. The van der Waals surface area contributed by atoms with Crippen LogP contribution in [0.4, 0.5) is 0 Å². The van der Waals surface area contributed by atoms with Crippen molar-refractivity contribution in [1.29, 1.82) is 0 Å². The fourth-order valence-corrected chi connectivity index (χ4v) is 2.39. The second kappa shape index (κ2) is 7.39. The van der Waals surface area contributed by atoms with E-state index in [0.717, 1.165) is 18.0 Å². The minimum absolute atomic E-state index is 0.217. The van der Waals surface area contributed by atoms with Crippen molar-refractivity contribution in [2.75, 3.05) is 20.1 Å². The molecule has 2 rings (SSSR count). The van der Waals surface area contributed by atoms with Crippen molar-refractivity contribution in [3.8, 4) is 0 Å². The molecule has 106 valence electrons. The van der Waals surface area contributed by atoms with E-state index >= 15 is 0 Å². The maximum Gasteiger partial charge on any atom is 0.0467 e. The topological polar surface area (TPSA) is 42.2 Å². The number of nitrogens with zero attached hydrogens (tertiary/aromatic N) is 2. The third kappa shape index (κ3) is 4.04. The van der Waals surface area contributed by atoms with Crippen LogP contribution in [0.3, 0.4) is 0 Å². The van der Waals surface area contributed by atoms with Crippen LogP contribution >= 0.6 is 11.6 Å². The third-order valence-electron chi connectivity index (χ3n) is 3.51. The van der Waals surface area contributed by atoms with Gasteiger partial charge in [0.25, 0.3) is 0 Å². The summed E-state index contributed by atoms with van der Waals surface area (Å²) in [7, 11) is 2.10. The molecule has 4 heteroatoms. The summed E-state index contributed by atoms with van der Waals surface area (Å²) in [5.41, 5.74) is 8.42. The minimum atomic E-state index is 0.217. The fourth-order valence-electron chi connectivity index (χ4n) is 2.27. The van der Waals surface area contributed by atoms with Crippen LogP contribution in [0.15, 0.2) is 48.8 Å². The van der Waals surface area contributed by atoms with E-state index in [1.807, 2.05) is 48.8 Å². The molecule has 3 nitrogen and oxygen atoms in total. The lowest BCUT2D eigenvalue weighted by molar-refractivity contribution is 0.253. The van der Waals surface area contributed by atoms with Crippen LogP contribution in [0.1, 0.15) is 17.2 Å². The molecule has 0 bridgehead atoms. The van der Waals surface area contributed by atoms with Crippen molar-refractivity contribution in [2.45, 2.75) is 12.5 Å². The molecule has 2 N–H and O–H groups in total. The summed E-state index contributed by atoms with van der Waals surface area (Å²) < 4.78 is 0. The van der Waals surface area contributed by atoms with Gasteiger partial charge in [-0.2, -0.15) is 0 Å². The lowest BCUT2D eigenvalue weighted by Crippen LogP contribution is -2.32. The molecule has 0 fully saturated rings. The lowest BCUT2D eigenvalue weighted by Gasteiger charge is -2.27. The van der Waals surface area contributed by atoms with Crippen LogP contribution in [0.25, 0.3) is 0 Å². The Kier molecular flexibility index (Phi) is 5.53. The predicted molar refractivity (Wildman–Crippen MR) is 83.8 cm³/mol. The minimum Gasteiger partial charge on any atom is -0.329 e. The summed E-state index contributed by atoms with van der Waals surface area (Å²) in [6.45, 7) is 1.54. The molecular weight excluding hydrogens is 270 g/mol. The molecule has 1 atom stereocenters. The van der Waals surface area contributed by atoms with Crippen molar-refractivity contribution in [3.05, 3.63) is 64.9 Å². The molecule has 0 aliphatic rings. The van der Waals surface area contributed by atoms with Crippen LogP contribution in [0, 0.1) is 0 Å². The molecule has 1 unspecified atom stereocenters. The summed E-state index contributed by atoms with van der Waals surface area (Å²) in [5.74, 6) is 0. The number of rotatable bonds is 6. The van der Waals surface area contributed by atoms with E-state index in [4.69, 9.17) is 17.3 Å². The first-order valence-corrected chi connectivity index (χ1v) is 7.13. The maximum absolute atomic E-state index is 5.93. The summed E-state index contributed by atoms with van der Waals surface area (Å²) >= 11 is 5.93. The van der Waals surface area contributed by atoms with Crippen LogP contribution < -0.4 is 5.73 Å². The van der Waals surface area contributed by atoms with Gasteiger partial charge in [0.15, 0.2) is 0 Å². The number of halogens is 1. The molecule has 2 aromatic rings. The number of hydrogen-bond donors (Lipinski definition) is 1. The summed E-state index contributed by atoms with van der Waals surface area (Å²) in [5, 5.41) is 0.754. The number of likely N-dealkylation sites (N-methyl/N-ethyl adjacent to an activating group) is 1. The van der Waals surface area contributed by atoms with Crippen molar-refractivity contribution >= 4 is 11.6 Å². The summed E-state index contributed by atoms with van der Waals surface area (Å²) in [6.07, 6.45) is 4.65. The standard InChI is InChI=1S/C16H20ClN3/c1-20(11-8-13-6-9-19-10-7-13)16(12-18)14-2-4-15(17)5-3-14/h2-7,9-10,16H,8,11-12,18H2,1H3. The van der Waals surface area contributed by atoms with Gasteiger partial charge in [-0.3, -0.25) is 9.88 Å². The van der Waals surface area contributed by atoms with Gasteiger partial charge in [0.05, 0.1) is 0 Å². The van der Waals surface area contributed by atoms with E-state index in [2.05, 4.69) is 16.9 Å². The van der Waals surface area contributed by atoms with E-state index in [1.54, 1.807) is 0 Å². The zero-order valence-electron chi connectivity index (χ0n) is 11.7. The van der Waals surface area contributed by atoms with Gasteiger partial charge in [0.1, 0.15) is 0 Å². The molecule has 0 aliphatic heterocycles. The van der Waals surface area contributed by atoms with Crippen LogP contribution in [-0.4, -0.2) is 30.0 Å². The third-order valence-corrected chi connectivity index (χ3v) is 3.76. The van der Waals surface area contributed by atoms with Crippen molar-refractivity contribution < 1.29 is 0 Å². The van der Waals surface area contributed by atoms with E-state index < -0.39 is 0 Å². The quantitative estimate of drug-likeness (QED) is 0.889. The first kappa shape index (κ1) is 15.0. The molecule has 1 heterocycles. The van der Waals surface area contributed by atoms with Crippen molar-refractivity contribution in [3.63, 3.8) is 0 Å². The van der Waals surface area contributed by atoms with Crippen molar-refractivity contribution in [1.82, 2.24) is 9.88 Å². The highest BCUT2D eigenvalue weighted by molar-refractivity contribution is 6.30. The molecule has 0 saturated carbocycles. The molecule has 0 radical (unpaired) electrons. The molecule has 20 heavy (non-hydrogen) atoms. The zero-order valence-corrected chi connectivity index (χ0v) is 12.4. The van der Waals surface area contributed by atoms with Gasteiger partial charge in [-0.25, -0.2) is 0 Å². The second-order valence-corrected chi connectivity index (χ2v) is 5.33. The van der Waals surface area contributed by atoms with Crippen LogP contribution in [-0.2, 0) is 6.42 Å². The average Bonchev–Trinajstić information content (AvgIpc) is 2.49. The first-order valence-electron chi connectivity index (χ1n) is 6.75. The van der Waals surface area contributed by atoms with Gasteiger partial charge >= 0.3 is 0 Å². The SMILES string of the molecule is CN(CCc1ccncc1)C(CN)c1ccc(Cl)cc1. The number of nitrogens with two attached hydrogens (primary N) is 1. The van der Waals surface area contributed by atoms with E-state index in [9.17, 15) is 0 Å². The van der Waals surface area contributed by atoms with Crippen LogP contribution in [0.5, 0.6) is 0 Å². The summed E-state index contributed by atoms with van der Waals surface area (Å²) in [4.78, 5) is 6.31. The van der Waals surface area contributed by atoms with Gasteiger partial charge in [-0.15, -0.1) is 0 Å². The predicted octanol–water partition coefficient (Wildman–Crippen LogP) is 2.91. The number of benzene rings is 1. The number of aromatic nitrogens is 1. The Morgan fingerprint density at radius 2 is 1.80 bits per heavy atom. The van der Waals surface area contributed by atoms with Crippen LogP contribution in [0.2, 0.25) is 5.02 Å². The number of hydrogen-bond acceptors (Lipinski definition) is 3. The first-order chi connectivity index (χ1) is 9.70. The molecule has 1 aromatic heterocycles. The fraction of sp³-hybridized carbons (Fsp3) is 0.312. The zero-order chi connectivity index (χ0) is 14.4. The van der Waals surface area contributed by atoms with Crippen molar-refractivity contribution in [2.24, 2.45) is 5.73 Å². The molecule has 0 saturated heterocycles. The smallest absolute Gasteiger partial charge is 0.0467 e. The Morgan fingerprint density at radius 1 is 1.15 bits per heavy atom. The monoisotopic (exact) mass is 289 g/mol. The molecule has 0 spiro atoms. The molecule has 1 aromatic carbocycles. The van der Waals surface area contributed by atoms with Gasteiger partial charge < -0.3 is 5.73 Å². The van der Waals surface area contributed by atoms with E-state index in [0.29, 0.717) is 6.54 Å². The Labute approximate surface area is 125 Å². The van der Waals surface area contributed by atoms with E-state index in [1.165, 1.54) is 11.1 Å². The summed E-state index contributed by atoms with van der Waals surface area (Å²) in [6, 6.07) is 12.2. The average molecular weight is 290 g/mol. The highest BCUT2D eigenvalue weighted by atomic mass is 35.5. The Balaban J connectivity index is 1.98. The Morgan fingerprint density at radius 3 is 2.40 bits per heavy atom.